The first-order valence-electron chi connectivity index (χ1n) is 6.48. The zero-order chi connectivity index (χ0) is 13.0. The van der Waals surface area contributed by atoms with E-state index >= 15 is 0 Å². The van der Waals surface area contributed by atoms with Gasteiger partial charge in [-0.3, -0.25) is 4.90 Å². The van der Waals surface area contributed by atoms with Crippen molar-refractivity contribution in [3.63, 3.8) is 0 Å². The van der Waals surface area contributed by atoms with E-state index in [1.165, 1.54) is 0 Å². The lowest BCUT2D eigenvalue weighted by molar-refractivity contribution is 0.115. The maximum atomic E-state index is 9.24. The first-order chi connectivity index (χ1) is 8.72. The van der Waals surface area contributed by atoms with Crippen molar-refractivity contribution < 1.29 is 9.84 Å². The van der Waals surface area contributed by atoms with Gasteiger partial charge in [0.25, 0.3) is 0 Å². The predicted octanol–water partition coefficient (Wildman–Crippen LogP) is 1.48. The number of rotatable bonds is 4. The summed E-state index contributed by atoms with van der Waals surface area (Å²) in [6, 6.07) is 5.80. The van der Waals surface area contributed by atoms with Gasteiger partial charge < -0.3 is 15.6 Å². The minimum absolute atomic E-state index is 0.287. The summed E-state index contributed by atoms with van der Waals surface area (Å²) in [4.78, 5) is 2.37. The average molecular weight is 250 g/mol. The Bertz CT molecular complexity index is 395. The second-order valence-electron chi connectivity index (χ2n) is 5.00. The number of aliphatic hydroxyl groups is 1. The van der Waals surface area contributed by atoms with Gasteiger partial charge in [-0.25, -0.2) is 0 Å². The van der Waals surface area contributed by atoms with E-state index in [2.05, 4.69) is 4.90 Å². The van der Waals surface area contributed by atoms with Crippen molar-refractivity contribution in [1.29, 1.82) is 0 Å². The molecule has 0 spiro atoms. The van der Waals surface area contributed by atoms with E-state index in [1.807, 2.05) is 18.2 Å². The van der Waals surface area contributed by atoms with Gasteiger partial charge in [-0.1, -0.05) is 6.07 Å². The summed E-state index contributed by atoms with van der Waals surface area (Å²) in [5.74, 6) is 1.26. The van der Waals surface area contributed by atoms with Gasteiger partial charge in [0.05, 0.1) is 7.11 Å². The Kier molecular flexibility index (Phi) is 4.44. The average Bonchev–Trinajstić information content (AvgIpc) is 2.41. The number of aliphatic hydroxyl groups excluding tert-OH is 1. The summed E-state index contributed by atoms with van der Waals surface area (Å²) in [5, 5.41) is 9.24. The van der Waals surface area contributed by atoms with Crippen LogP contribution in [-0.4, -0.2) is 36.8 Å². The van der Waals surface area contributed by atoms with Crippen molar-refractivity contribution >= 4 is 5.69 Å². The first kappa shape index (κ1) is 13.2. The number of likely N-dealkylation sites (tertiary alicyclic amines) is 1. The summed E-state index contributed by atoms with van der Waals surface area (Å²) < 4.78 is 5.36. The Morgan fingerprint density at radius 1 is 1.50 bits per heavy atom. The number of nitrogen functional groups attached to an aromatic ring is 1. The molecular formula is C14H22N2O2. The van der Waals surface area contributed by atoms with Crippen molar-refractivity contribution in [2.45, 2.75) is 19.4 Å². The van der Waals surface area contributed by atoms with Crippen LogP contribution in [0.3, 0.4) is 0 Å². The third kappa shape index (κ3) is 3.15. The lowest BCUT2D eigenvalue weighted by atomic mass is 9.98. The van der Waals surface area contributed by atoms with Crippen molar-refractivity contribution in [1.82, 2.24) is 4.90 Å². The highest BCUT2D eigenvalue weighted by Gasteiger charge is 2.20. The van der Waals surface area contributed by atoms with Gasteiger partial charge in [0.15, 0.2) is 0 Å². The Morgan fingerprint density at radius 2 is 2.33 bits per heavy atom. The molecule has 100 valence electrons. The van der Waals surface area contributed by atoms with Crippen LogP contribution in [0.5, 0.6) is 5.75 Å². The van der Waals surface area contributed by atoms with Crippen LogP contribution in [0.2, 0.25) is 0 Å². The van der Waals surface area contributed by atoms with Gasteiger partial charge in [0.1, 0.15) is 5.75 Å². The molecule has 0 aromatic heterocycles. The normalized spacial score (nSPS) is 20.9. The number of piperidine rings is 1. The number of ether oxygens (including phenoxy) is 1. The molecule has 0 bridgehead atoms. The molecule has 1 heterocycles. The second-order valence-corrected chi connectivity index (χ2v) is 5.00. The smallest absolute Gasteiger partial charge is 0.125 e. The fraction of sp³-hybridized carbons (Fsp3) is 0.571. The monoisotopic (exact) mass is 250 g/mol. The fourth-order valence-electron chi connectivity index (χ4n) is 2.58. The minimum atomic E-state index is 0.287. The molecule has 1 fully saturated rings. The van der Waals surface area contributed by atoms with Crippen LogP contribution in [0.1, 0.15) is 18.4 Å². The first-order valence-corrected chi connectivity index (χ1v) is 6.48. The molecule has 1 aromatic carbocycles. The van der Waals surface area contributed by atoms with E-state index < -0.39 is 0 Å². The van der Waals surface area contributed by atoms with E-state index in [1.54, 1.807) is 7.11 Å². The van der Waals surface area contributed by atoms with Gasteiger partial charge in [-0.15, -0.1) is 0 Å². The number of nitrogens with two attached hydrogens (primary N) is 1. The molecule has 1 aromatic rings. The summed E-state index contributed by atoms with van der Waals surface area (Å²) in [7, 11) is 1.67. The molecule has 1 aliphatic rings. The van der Waals surface area contributed by atoms with Gasteiger partial charge in [0, 0.05) is 37.0 Å². The number of hydrogen-bond donors (Lipinski definition) is 2. The van der Waals surface area contributed by atoms with E-state index in [0.29, 0.717) is 5.92 Å². The van der Waals surface area contributed by atoms with Crippen LogP contribution in [0.25, 0.3) is 0 Å². The minimum Gasteiger partial charge on any atom is -0.496 e. The topological polar surface area (TPSA) is 58.7 Å². The van der Waals surface area contributed by atoms with Gasteiger partial charge >= 0.3 is 0 Å². The molecule has 0 amide bonds. The molecule has 4 nitrogen and oxygen atoms in total. The number of anilines is 1. The maximum Gasteiger partial charge on any atom is 0.125 e. The SMILES string of the molecule is COc1cc(N)ccc1CN1CCCC(CO)C1. The van der Waals surface area contributed by atoms with Crippen molar-refractivity contribution in [2.75, 3.05) is 32.5 Å². The Morgan fingerprint density at radius 3 is 3.06 bits per heavy atom. The Balaban J connectivity index is 2.04. The fourth-order valence-corrected chi connectivity index (χ4v) is 2.58. The highest BCUT2D eigenvalue weighted by Crippen LogP contribution is 2.25. The van der Waals surface area contributed by atoms with Crippen LogP contribution < -0.4 is 10.5 Å². The van der Waals surface area contributed by atoms with Gasteiger partial charge in [0.2, 0.25) is 0 Å². The number of nitrogens with zero attached hydrogens (tertiary/aromatic N) is 1. The summed E-state index contributed by atoms with van der Waals surface area (Å²) in [6.07, 6.45) is 2.29. The Labute approximate surface area is 108 Å². The van der Waals surface area contributed by atoms with Crippen LogP contribution in [-0.2, 0) is 6.54 Å². The molecule has 1 unspecified atom stereocenters. The molecular weight excluding hydrogens is 228 g/mol. The molecule has 0 saturated carbocycles. The molecule has 18 heavy (non-hydrogen) atoms. The molecule has 2 rings (SSSR count). The maximum absolute atomic E-state index is 9.24. The number of hydrogen-bond acceptors (Lipinski definition) is 4. The van der Waals surface area contributed by atoms with E-state index in [4.69, 9.17) is 10.5 Å². The molecule has 1 saturated heterocycles. The molecule has 3 N–H and O–H groups in total. The lowest BCUT2D eigenvalue weighted by Crippen LogP contribution is -2.36. The summed E-state index contributed by atoms with van der Waals surface area (Å²) in [5.41, 5.74) is 7.64. The molecule has 1 aliphatic heterocycles. The number of methoxy groups -OCH3 is 1. The highest BCUT2D eigenvalue weighted by atomic mass is 16.5. The third-order valence-corrected chi connectivity index (χ3v) is 3.57. The Hall–Kier alpha value is -1.26. The van der Waals surface area contributed by atoms with Crippen LogP contribution in [0, 0.1) is 5.92 Å². The molecule has 4 heteroatoms. The summed E-state index contributed by atoms with van der Waals surface area (Å²) >= 11 is 0. The van der Waals surface area contributed by atoms with Crippen molar-refractivity contribution in [2.24, 2.45) is 5.92 Å². The van der Waals surface area contributed by atoms with Gasteiger partial charge in [-0.2, -0.15) is 0 Å². The van der Waals surface area contributed by atoms with Crippen molar-refractivity contribution in [3.8, 4) is 5.75 Å². The van der Waals surface area contributed by atoms with Crippen LogP contribution >= 0.6 is 0 Å². The van der Waals surface area contributed by atoms with E-state index in [0.717, 1.165) is 49.5 Å². The molecule has 0 aliphatic carbocycles. The predicted molar refractivity (Wildman–Crippen MR) is 72.5 cm³/mol. The van der Waals surface area contributed by atoms with Crippen LogP contribution in [0.15, 0.2) is 18.2 Å². The second kappa shape index (κ2) is 6.07. The standard InChI is InChI=1S/C14H22N2O2/c1-18-14-7-13(15)5-4-12(14)9-16-6-2-3-11(8-16)10-17/h4-5,7,11,17H,2-3,6,8-10,15H2,1H3. The molecule has 1 atom stereocenters. The van der Waals surface area contributed by atoms with E-state index in [-0.39, 0.29) is 6.61 Å². The largest absolute Gasteiger partial charge is 0.496 e. The number of benzene rings is 1. The third-order valence-electron chi connectivity index (χ3n) is 3.57. The zero-order valence-electron chi connectivity index (χ0n) is 10.9. The van der Waals surface area contributed by atoms with Crippen molar-refractivity contribution in [3.05, 3.63) is 23.8 Å². The zero-order valence-corrected chi connectivity index (χ0v) is 10.9. The highest BCUT2D eigenvalue weighted by molar-refractivity contribution is 5.48. The molecule has 0 radical (unpaired) electrons. The lowest BCUT2D eigenvalue weighted by Gasteiger charge is -2.32. The quantitative estimate of drug-likeness (QED) is 0.795. The summed E-state index contributed by atoms with van der Waals surface area (Å²) in [6.45, 7) is 3.20. The van der Waals surface area contributed by atoms with Crippen LogP contribution in [0.4, 0.5) is 5.69 Å². The van der Waals surface area contributed by atoms with E-state index in [9.17, 15) is 5.11 Å². The van der Waals surface area contributed by atoms with Gasteiger partial charge in [-0.05, 0) is 31.4 Å².